The number of benzene rings is 1. The minimum Gasteiger partial charge on any atom is -0.391 e. The molecule has 2 rings (SSSR count). The number of likely N-dealkylation sites (N-methyl/N-ethyl adjacent to an activating group) is 1. The molecular formula is C17H26FNO. The summed E-state index contributed by atoms with van der Waals surface area (Å²) >= 11 is 0. The Morgan fingerprint density at radius 2 is 2.05 bits per heavy atom. The topological polar surface area (TPSA) is 23.5 Å². The molecule has 112 valence electrons. The fraction of sp³-hybridized carbons (Fsp3) is 0.647. The monoisotopic (exact) mass is 279 g/mol. The predicted octanol–water partition coefficient (Wildman–Crippen LogP) is 3.76. The third kappa shape index (κ3) is 3.21. The molecule has 3 heteroatoms. The Kier molecular flexibility index (Phi) is 5.17. The molecule has 0 radical (unpaired) electrons. The molecule has 4 unspecified atom stereocenters. The molecule has 1 aliphatic carbocycles. The Morgan fingerprint density at radius 1 is 1.35 bits per heavy atom. The summed E-state index contributed by atoms with van der Waals surface area (Å²) in [7, 11) is 2.00. The van der Waals surface area contributed by atoms with Gasteiger partial charge in [-0.1, -0.05) is 31.5 Å². The van der Waals surface area contributed by atoms with E-state index in [-0.39, 0.29) is 24.0 Å². The molecule has 0 aliphatic heterocycles. The average molecular weight is 279 g/mol. The van der Waals surface area contributed by atoms with Crippen LogP contribution in [0.2, 0.25) is 0 Å². The molecule has 0 saturated heterocycles. The van der Waals surface area contributed by atoms with Gasteiger partial charge in [0.15, 0.2) is 0 Å². The van der Waals surface area contributed by atoms with Crippen molar-refractivity contribution in [3.05, 3.63) is 35.6 Å². The second-order valence-electron chi connectivity index (χ2n) is 6.08. The van der Waals surface area contributed by atoms with Gasteiger partial charge in [-0.05, 0) is 45.2 Å². The number of nitrogens with zero attached hydrogens (tertiary/aromatic N) is 1. The SMILES string of the molecule is CCC1CCC(O)C(N(C)C(C)c2ccccc2F)C1. The largest absolute Gasteiger partial charge is 0.391 e. The van der Waals surface area contributed by atoms with Crippen molar-refractivity contribution >= 4 is 0 Å². The summed E-state index contributed by atoms with van der Waals surface area (Å²) in [5.41, 5.74) is 0.709. The first-order chi connectivity index (χ1) is 9.54. The predicted molar refractivity (Wildman–Crippen MR) is 80.0 cm³/mol. The molecule has 0 spiro atoms. The molecule has 0 amide bonds. The highest BCUT2D eigenvalue weighted by molar-refractivity contribution is 5.21. The molecule has 1 aromatic rings. The van der Waals surface area contributed by atoms with Crippen molar-refractivity contribution in [2.75, 3.05) is 7.05 Å². The van der Waals surface area contributed by atoms with Gasteiger partial charge in [0, 0.05) is 17.6 Å². The molecular weight excluding hydrogens is 253 g/mol. The Balaban J connectivity index is 2.13. The number of rotatable bonds is 4. The van der Waals surface area contributed by atoms with Crippen LogP contribution in [0.5, 0.6) is 0 Å². The molecule has 20 heavy (non-hydrogen) atoms. The third-order valence-corrected chi connectivity index (χ3v) is 4.96. The van der Waals surface area contributed by atoms with Gasteiger partial charge in [0.1, 0.15) is 5.82 Å². The van der Waals surface area contributed by atoms with Gasteiger partial charge in [-0.2, -0.15) is 0 Å². The second-order valence-corrected chi connectivity index (χ2v) is 6.08. The molecule has 0 heterocycles. The molecule has 4 atom stereocenters. The van der Waals surface area contributed by atoms with Crippen LogP contribution in [0.1, 0.15) is 51.1 Å². The van der Waals surface area contributed by atoms with Gasteiger partial charge in [0.25, 0.3) is 0 Å². The Hall–Kier alpha value is -0.930. The van der Waals surface area contributed by atoms with Crippen LogP contribution in [-0.4, -0.2) is 29.2 Å². The van der Waals surface area contributed by atoms with E-state index in [2.05, 4.69) is 11.8 Å². The van der Waals surface area contributed by atoms with Gasteiger partial charge >= 0.3 is 0 Å². The lowest BCUT2D eigenvalue weighted by atomic mass is 9.81. The van der Waals surface area contributed by atoms with E-state index in [9.17, 15) is 9.50 Å². The zero-order valence-corrected chi connectivity index (χ0v) is 12.7. The van der Waals surface area contributed by atoms with Gasteiger partial charge in [-0.15, -0.1) is 0 Å². The van der Waals surface area contributed by atoms with Crippen molar-refractivity contribution in [3.8, 4) is 0 Å². The summed E-state index contributed by atoms with van der Waals surface area (Å²) in [5.74, 6) is 0.517. The fourth-order valence-corrected chi connectivity index (χ4v) is 3.34. The van der Waals surface area contributed by atoms with Crippen LogP contribution in [0.4, 0.5) is 4.39 Å². The summed E-state index contributed by atoms with van der Waals surface area (Å²) < 4.78 is 13.9. The van der Waals surface area contributed by atoms with Crippen LogP contribution in [0, 0.1) is 11.7 Å². The number of hydrogen-bond donors (Lipinski definition) is 1. The maximum atomic E-state index is 13.9. The highest BCUT2D eigenvalue weighted by atomic mass is 19.1. The molecule has 1 saturated carbocycles. The van der Waals surface area contributed by atoms with Crippen LogP contribution < -0.4 is 0 Å². The van der Waals surface area contributed by atoms with Crippen molar-refractivity contribution in [2.45, 2.75) is 57.7 Å². The molecule has 1 fully saturated rings. The summed E-state index contributed by atoms with van der Waals surface area (Å²) in [6.07, 6.45) is 3.84. The summed E-state index contributed by atoms with van der Waals surface area (Å²) in [6, 6.07) is 7.03. The summed E-state index contributed by atoms with van der Waals surface area (Å²) in [4.78, 5) is 2.14. The Morgan fingerprint density at radius 3 is 2.70 bits per heavy atom. The highest BCUT2D eigenvalue weighted by Gasteiger charge is 2.33. The van der Waals surface area contributed by atoms with Crippen LogP contribution in [0.15, 0.2) is 24.3 Å². The number of halogens is 1. The highest BCUT2D eigenvalue weighted by Crippen LogP contribution is 2.33. The lowest BCUT2D eigenvalue weighted by Gasteiger charge is -2.41. The quantitative estimate of drug-likeness (QED) is 0.907. The number of hydrogen-bond acceptors (Lipinski definition) is 2. The Labute approximate surface area is 121 Å². The first-order valence-corrected chi connectivity index (χ1v) is 7.69. The Bertz CT molecular complexity index is 437. The standard InChI is InChI=1S/C17H26FNO/c1-4-13-9-10-17(20)16(11-13)19(3)12(2)14-7-5-6-8-15(14)18/h5-8,12-13,16-17,20H,4,9-11H2,1-3H3. The van der Waals surface area contributed by atoms with Crippen molar-refractivity contribution in [1.29, 1.82) is 0 Å². The summed E-state index contributed by atoms with van der Waals surface area (Å²) in [5, 5.41) is 10.3. The first kappa shape index (κ1) is 15.5. The van der Waals surface area contributed by atoms with Crippen molar-refractivity contribution in [1.82, 2.24) is 4.90 Å². The molecule has 0 bridgehead atoms. The lowest BCUT2D eigenvalue weighted by molar-refractivity contribution is -0.00204. The zero-order valence-electron chi connectivity index (χ0n) is 12.7. The van der Waals surface area contributed by atoms with Crippen molar-refractivity contribution in [2.24, 2.45) is 5.92 Å². The van der Waals surface area contributed by atoms with E-state index in [4.69, 9.17) is 0 Å². The molecule has 0 aromatic heterocycles. The average Bonchev–Trinajstić information content (AvgIpc) is 2.47. The second kappa shape index (κ2) is 6.68. The van der Waals surface area contributed by atoms with Gasteiger partial charge in [-0.25, -0.2) is 4.39 Å². The van der Waals surface area contributed by atoms with E-state index in [0.717, 1.165) is 25.7 Å². The van der Waals surface area contributed by atoms with Crippen LogP contribution >= 0.6 is 0 Å². The van der Waals surface area contributed by atoms with Gasteiger partial charge in [0.05, 0.1) is 6.10 Å². The number of aliphatic hydroxyl groups excluding tert-OH is 1. The van der Waals surface area contributed by atoms with Crippen molar-refractivity contribution in [3.63, 3.8) is 0 Å². The smallest absolute Gasteiger partial charge is 0.127 e. The lowest BCUT2D eigenvalue weighted by Crippen LogP contribution is -2.46. The first-order valence-electron chi connectivity index (χ1n) is 7.69. The van der Waals surface area contributed by atoms with E-state index in [1.54, 1.807) is 6.07 Å². The van der Waals surface area contributed by atoms with Gasteiger partial charge in [0.2, 0.25) is 0 Å². The summed E-state index contributed by atoms with van der Waals surface area (Å²) in [6.45, 7) is 4.22. The van der Waals surface area contributed by atoms with E-state index in [1.165, 1.54) is 6.07 Å². The molecule has 1 aliphatic rings. The van der Waals surface area contributed by atoms with Crippen LogP contribution in [0.3, 0.4) is 0 Å². The molecule has 2 nitrogen and oxygen atoms in total. The minimum absolute atomic E-state index is 0.0218. The zero-order chi connectivity index (χ0) is 14.7. The third-order valence-electron chi connectivity index (χ3n) is 4.96. The minimum atomic E-state index is -0.294. The van der Waals surface area contributed by atoms with Gasteiger partial charge in [-0.3, -0.25) is 4.90 Å². The fourth-order valence-electron chi connectivity index (χ4n) is 3.34. The van der Waals surface area contributed by atoms with E-state index in [0.29, 0.717) is 11.5 Å². The van der Waals surface area contributed by atoms with Gasteiger partial charge < -0.3 is 5.11 Å². The van der Waals surface area contributed by atoms with E-state index >= 15 is 0 Å². The van der Waals surface area contributed by atoms with Crippen molar-refractivity contribution < 1.29 is 9.50 Å². The van der Waals surface area contributed by atoms with Crippen LogP contribution in [-0.2, 0) is 0 Å². The normalized spacial score (nSPS) is 28.6. The maximum absolute atomic E-state index is 13.9. The van der Waals surface area contributed by atoms with E-state index in [1.807, 2.05) is 26.1 Å². The van der Waals surface area contributed by atoms with Crippen LogP contribution in [0.25, 0.3) is 0 Å². The molecule has 1 aromatic carbocycles. The molecule has 1 N–H and O–H groups in total. The number of aliphatic hydroxyl groups is 1. The van der Waals surface area contributed by atoms with E-state index < -0.39 is 0 Å². The maximum Gasteiger partial charge on any atom is 0.127 e.